The molecule has 0 radical (unpaired) electrons. The van der Waals surface area contributed by atoms with Gasteiger partial charge in [0.05, 0.1) is 6.61 Å². The quantitative estimate of drug-likeness (QED) is 0.883. The van der Waals surface area contributed by atoms with Gasteiger partial charge in [-0.3, -0.25) is 0 Å². The average molecular weight is 308 g/mol. The van der Waals surface area contributed by atoms with E-state index in [4.69, 9.17) is 4.74 Å². The van der Waals surface area contributed by atoms with E-state index in [0.29, 0.717) is 32.6 Å². The summed E-state index contributed by atoms with van der Waals surface area (Å²) in [6, 6.07) is 6.15. The lowest BCUT2D eigenvalue weighted by Crippen LogP contribution is -2.35. The zero-order valence-electron chi connectivity index (χ0n) is 12.1. The Hall–Kier alpha value is -1.37. The maximum Gasteiger partial charge on any atom is 0.216 e. The predicted molar refractivity (Wildman–Crippen MR) is 82.9 cm³/mol. The minimum atomic E-state index is -3.26. The molecule has 6 heteroatoms. The number of sulfonamides is 1. The standard InChI is InChI=1S/C15H20N2O3S/c1-11-3-2-4-14-12(9-16-15(11)14)5-7-17-21(18,19)13-6-8-20-10-13/h2-4,9,13,16-17H,5-8,10H2,1H3. The Balaban J connectivity index is 1.66. The second-order valence-corrected chi connectivity index (χ2v) is 7.53. The molecule has 0 amide bonds. The Morgan fingerprint density at radius 3 is 3.05 bits per heavy atom. The van der Waals surface area contributed by atoms with Crippen molar-refractivity contribution < 1.29 is 13.2 Å². The molecule has 2 aromatic rings. The third-order valence-electron chi connectivity index (χ3n) is 4.03. The molecule has 1 aliphatic rings. The smallest absolute Gasteiger partial charge is 0.216 e. The Morgan fingerprint density at radius 1 is 1.43 bits per heavy atom. The van der Waals surface area contributed by atoms with Crippen LogP contribution in [-0.4, -0.2) is 38.4 Å². The molecule has 0 spiro atoms. The van der Waals surface area contributed by atoms with Gasteiger partial charge < -0.3 is 9.72 Å². The Kier molecular flexibility index (Phi) is 4.01. The maximum absolute atomic E-state index is 12.1. The second-order valence-electron chi connectivity index (χ2n) is 5.49. The maximum atomic E-state index is 12.1. The zero-order valence-corrected chi connectivity index (χ0v) is 12.9. The first-order valence-corrected chi connectivity index (χ1v) is 8.74. The number of aryl methyl sites for hydroxylation is 1. The van der Waals surface area contributed by atoms with Crippen LogP contribution in [0.5, 0.6) is 0 Å². The van der Waals surface area contributed by atoms with Crippen LogP contribution >= 0.6 is 0 Å². The zero-order chi connectivity index (χ0) is 14.9. The topological polar surface area (TPSA) is 71.2 Å². The van der Waals surface area contributed by atoms with Gasteiger partial charge in [-0.25, -0.2) is 13.1 Å². The SMILES string of the molecule is Cc1cccc2c(CCNS(=O)(=O)C3CCOC3)c[nH]c12. The molecule has 5 nitrogen and oxygen atoms in total. The van der Waals surface area contributed by atoms with Crippen LogP contribution in [0.15, 0.2) is 24.4 Å². The van der Waals surface area contributed by atoms with Crippen molar-refractivity contribution in [1.82, 2.24) is 9.71 Å². The summed E-state index contributed by atoms with van der Waals surface area (Å²) in [7, 11) is -3.26. The van der Waals surface area contributed by atoms with E-state index < -0.39 is 15.3 Å². The van der Waals surface area contributed by atoms with E-state index in [2.05, 4.69) is 28.8 Å². The van der Waals surface area contributed by atoms with E-state index in [1.165, 1.54) is 10.9 Å². The first kappa shape index (κ1) is 14.6. The van der Waals surface area contributed by atoms with Gasteiger partial charge in [0.2, 0.25) is 10.0 Å². The van der Waals surface area contributed by atoms with Crippen LogP contribution in [0.3, 0.4) is 0 Å². The fourth-order valence-electron chi connectivity index (χ4n) is 2.77. The molecule has 1 aliphatic heterocycles. The molecule has 0 saturated carbocycles. The number of hydrogen-bond donors (Lipinski definition) is 2. The Bertz CT molecular complexity index is 730. The largest absolute Gasteiger partial charge is 0.380 e. The van der Waals surface area contributed by atoms with Gasteiger partial charge in [0, 0.05) is 30.3 Å². The molecule has 0 aliphatic carbocycles. The molecule has 3 rings (SSSR count). The van der Waals surface area contributed by atoms with Gasteiger partial charge in [-0.15, -0.1) is 0 Å². The summed E-state index contributed by atoms with van der Waals surface area (Å²) in [5.41, 5.74) is 3.46. The monoisotopic (exact) mass is 308 g/mol. The van der Waals surface area contributed by atoms with Crippen molar-refractivity contribution in [3.8, 4) is 0 Å². The number of nitrogens with one attached hydrogen (secondary N) is 2. The second kappa shape index (κ2) is 5.79. The molecule has 1 unspecified atom stereocenters. The number of aromatic nitrogens is 1. The summed E-state index contributed by atoms with van der Waals surface area (Å²) < 4.78 is 32.0. The van der Waals surface area contributed by atoms with Gasteiger partial charge in [-0.05, 0) is 30.9 Å². The summed E-state index contributed by atoms with van der Waals surface area (Å²) in [5.74, 6) is 0. The van der Waals surface area contributed by atoms with E-state index >= 15 is 0 Å². The third-order valence-corrected chi connectivity index (χ3v) is 5.89. The van der Waals surface area contributed by atoms with Crippen LogP contribution in [0, 0.1) is 6.92 Å². The number of aromatic amines is 1. The van der Waals surface area contributed by atoms with E-state index in [1.807, 2.05) is 12.3 Å². The van der Waals surface area contributed by atoms with E-state index in [9.17, 15) is 8.42 Å². The number of ether oxygens (including phenoxy) is 1. The number of hydrogen-bond acceptors (Lipinski definition) is 3. The van der Waals surface area contributed by atoms with Gasteiger partial charge in [0.1, 0.15) is 5.25 Å². The molecule has 21 heavy (non-hydrogen) atoms. The first-order valence-electron chi connectivity index (χ1n) is 7.20. The lowest BCUT2D eigenvalue weighted by atomic mass is 10.1. The molecule has 2 N–H and O–H groups in total. The molecule has 1 fully saturated rings. The molecule has 1 atom stereocenters. The fraction of sp³-hybridized carbons (Fsp3) is 0.467. The lowest BCUT2D eigenvalue weighted by Gasteiger charge is -2.10. The van der Waals surface area contributed by atoms with Gasteiger partial charge in [0.15, 0.2) is 0 Å². The highest BCUT2D eigenvalue weighted by molar-refractivity contribution is 7.90. The molecule has 1 aromatic heterocycles. The van der Waals surface area contributed by atoms with Gasteiger partial charge >= 0.3 is 0 Å². The number of fused-ring (bicyclic) bond motifs is 1. The number of H-pyrrole nitrogens is 1. The summed E-state index contributed by atoms with van der Waals surface area (Å²) in [6.45, 7) is 3.32. The molecular formula is C15H20N2O3S. The van der Waals surface area contributed by atoms with Crippen molar-refractivity contribution in [2.24, 2.45) is 0 Å². The normalized spacial score (nSPS) is 19.4. The molecule has 1 aromatic carbocycles. The summed E-state index contributed by atoms with van der Waals surface area (Å²) >= 11 is 0. The minimum Gasteiger partial charge on any atom is -0.380 e. The van der Waals surface area contributed by atoms with Crippen molar-refractivity contribution in [2.45, 2.75) is 25.0 Å². The molecule has 114 valence electrons. The van der Waals surface area contributed by atoms with Crippen molar-refractivity contribution in [3.05, 3.63) is 35.5 Å². The number of benzene rings is 1. The highest BCUT2D eigenvalue weighted by atomic mass is 32.2. The molecular weight excluding hydrogens is 288 g/mol. The van der Waals surface area contributed by atoms with Gasteiger partial charge in [-0.2, -0.15) is 0 Å². The van der Waals surface area contributed by atoms with Crippen molar-refractivity contribution in [3.63, 3.8) is 0 Å². The van der Waals surface area contributed by atoms with E-state index in [0.717, 1.165) is 11.1 Å². The molecule has 0 bridgehead atoms. The highest BCUT2D eigenvalue weighted by Crippen LogP contribution is 2.21. The first-order chi connectivity index (χ1) is 10.1. The lowest BCUT2D eigenvalue weighted by molar-refractivity contribution is 0.198. The average Bonchev–Trinajstić information content (AvgIpc) is 3.09. The minimum absolute atomic E-state index is 0.307. The molecule has 1 saturated heterocycles. The Labute approximate surface area is 124 Å². The van der Waals surface area contributed by atoms with Crippen molar-refractivity contribution >= 4 is 20.9 Å². The van der Waals surface area contributed by atoms with E-state index in [1.54, 1.807) is 0 Å². The summed E-state index contributed by atoms with van der Waals surface area (Å²) in [5, 5.41) is 0.765. The Morgan fingerprint density at radius 2 is 2.29 bits per heavy atom. The highest BCUT2D eigenvalue weighted by Gasteiger charge is 2.28. The van der Waals surface area contributed by atoms with Crippen LogP contribution in [0.4, 0.5) is 0 Å². The van der Waals surface area contributed by atoms with Crippen LogP contribution in [0.25, 0.3) is 10.9 Å². The number of rotatable bonds is 5. The van der Waals surface area contributed by atoms with Gasteiger partial charge in [0.25, 0.3) is 0 Å². The van der Waals surface area contributed by atoms with Crippen molar-refractivity contribution in [1.29, 1.82) is 0 Å². The van der Waals surface area contributed by atoms with Gasteiger partial charge in [-0.1, -0.05) is 18.2 Å². The molecule has 2 heterocycles. The summed E-state index contributed by atoms with van der Waals surface area (Å²) in [4.78, 5) is 3.26. The van der Waals surface area contributed by atoms with E-state index in [-0.39, 0.29) is 0 Å². The van der Waals surface area contributed by atoms with Crippen LogP contribution < -0.4 is 4.72 Å². The van der Waals surface area contributed by atoms with Crippen LogP contribution in [0.2, 0.25) is 0 Å². The predicted octanol–water partition coefficient (Wildman–Crippen LogP) is 1.73. The van der Waals surface area contributed by atoms with Crippen molar-refractivity contribution in [2.75, 3.05) is 19.8 Å². The number of para-hydroxylation sites is 1. The van der Waals surface area contributed by atoms with Crippen LogP contribution in [-0.2, 0) is 21.2 Å². The third kappa shape index (κ3) is 2.97. The fourth-order valence-corrected chi connectivity index (χ4v) is 4.08. The summed E-state index contributed by atoms with van der Waals surface area (Å²) in [6.07, 6.45) is 3.22. The van der Waals surface area contributed by atoms with Crippen LogP contribution in [0.1, 0.15) is 17.5 Å².